The quantitative estimate of drug-likeness (QED) is 0.497. The molecule has 78 valence electrons. The van der Waals surface area contributed by atoms with E-state index in [1.807, 2.05) is 13.8 Å². The minimum Gasteiger partial charge on any atom is -0.396 e. The first-order chi connectivity index (χ1) is 6.57. The summed E-state index contributed by atoms with van der Waals surface area (Å²) in [6.45, 7) is 5.94. The Morgan fingerprint density at radius 3 is 2.79 bits per heavy atom. The highest BCUT2D eigenvalue weighted by atomic mass is 16.6. The van der Waals surface area contributed by atoms with E-state index in [1.54, 1.807) is 14.0 Å². The van der Waals surface area contributed by atoms with Gasteiger partial charge in [-0.2, -0.15) is 5.10 Å². The van der Waals surface area contributed by atoms with Crippen molar-refractivity contribution in [1.82, 2.24) is 5.01 Å². The summed E-state index contributed by atoms with van der Waals surface area (Å²) in [6, 6.07) is 0. The zero-order valence-corrected chi connectivity index (χ0v) is 8.94. The van der Waals surface area contributed by atoms with Crippen molar-refractivity contribution in [1.29, 1.82) is 0 Å². The van der Waals surface area contributed by atoms with Crippen LogP contribution in [0.2, 0.25) is 0 Å². The minimum atomic E-state index is -0.341. The third-order valence-corrected chi connectivity index (χ3v) is 2.05. The van der Waals surface area contributed by atoms with E-state index in [4.69, 9.17) is 4.84 Å². The van der Waals surface area contributed by atoms with Crippen LogP contribution in [-0.2, 0) is 9.63 Å². The van der Waals surface area contributed by atoms with Crippen LogP contribution in [0.15, 0.2) is 10.3 Å². The van der Waals surface area contributed by atoms with E-state index >= 15 is 0 Å². The molecule has 0 aromatic heterocycles. The van der Waals surface area contributed by atoms with Crippen LogP contribution in [0.3, 0.4) is 0 Å². The fourth-order valence-electron chi connectivity index (χ4n) is 1.41. The molecule has 14 heavy (non-hydrogen) atoms. The van der Waals surface area contributed by atoms with Crippen LogP contribution in [0.5, 0.6) is 0 Å². The van der Waals surface area contributed by atoms with Crippen LogP contribution in [-0.4, -0.2) is 36.0 Å². The molecular formula is C9H15N3O2. The van der Waals surface area contributed by atoms with Gasteiger partial charge < -0.3 is 4.84 Å². The van der Waals surface area contributed by atoms with E-state index < -0.39 is 0 Å². The van der Waals surface area contributed by atoms with Crippen molar-refractivity contribution in [2.75, 3.05) is 13.7 Å². The molecular weight excluding hydrogens is 182 g/mol. The van der Waals surface area contributed by atoms with Crippen molar-refractivity contribution in [3.63, 3.8) is 0 Å². The molecule has 5 nitrogen and oxygen atoms in total. The van der Waals surface area contributed by atoms with Crippen LogP contribution in [0.25, 0.3) is 0 Å². The Morgan fingerprint density at radius 2 is 2.36 bits per heavy atom. The Hall–Kier alpha value is -1.39. The molecule has 0 saturated carbocycles. The molecule has 1 atom stereocenters. The highest BCUT2D eigenvalue weighted by Crippen LogP contribution is 2.15. The monoisotopic (exact) mass is 197 g/mol. The number of rotatable bonds is 3. The molecule has 0 fully saturated rings. The molecule has 1 rings (SSSR count). The number of carbonyl (C=O) groups is 1. The lowest BCUT2D eigenvalue weighted by atomic mass is 10.00. The molecule has 0 bridgehead atoms. The van der Waals surface area contributed by atoms with Crippen molar-refractivity contribution < 1.29 is 9.63 Å². The first-order valence-corrected chi connectivity index (χ1v) is 4.57. The van der Waals surface area contributed by atoms with Crippen molar-refractivity contribution in [2.24, 2.45) is 16.2 Å². The maximum atomic E-state index is 11.6. The molecule has 1 amide bonds. The highest BCUT2D eigenvalue weighted by molar-refractivity contribution is 6.22. The highest BCUT2D eigenvalue weighted by Gasteiger charge is 2.33. The summed E-state index contributed by atoms with van der Waals surface area (Å²) in [7, 11) is 1.64. The predicted molar refractivity (Wildman–Crippen MR) is 54.1 cm³/mol. The molecule has 5 heteroatoms. The average Bonchev–Trinajstić information content (AvgIpc) is 2.38. The summed E-state index contributed by atoms with van der Waals surface area (Å²) in [5.41, 5.74) is 1.42. The van der Waals surface area contributed by atoms with Crippen LogP contribution in [0, 0.1) is 5.92 Å². The van der Waals surface area contributed by atoms with Crippen molar-refractivity contribution in [2.45, 2.75) is 20.8 Å². The topological polar surface area (TPSA) is 54.3 Å². The molecule has 0 aromatic rings. The van der Waals surface area contributed by atoms with Gasteiger partial charge in [0.25, 0.3) is 5.91 Å². The Kier molecular flexibility index (Phi) is 3.22. The summed E-state index contributed by atoms with van der Waals surface area (Å²) >= 11 is 0. The second-order valence-corrected chi connectivity index (χ2v) is 3.19. The summed E-state index contributed by atoms with van der Waals surface area (Å²) in [5.74, 6) is -0.394. The van der Waals surface area contributed by atoms with Gasteiger partial charge in [0.05, 0.1) is 11.4 Å². The van der Waals surface area contributed by atoms with E-state index in [-0.39, 0.29) is 11.8 Å². The van der Waals surface area contributed by atoms with Crippen LogP contribution < -0.4 is 0 Å². The third-order valence-electron chi connectivity index (χ3n) is 2.05. The van der Waals surface area contributed by atoms with Crippen LogP contribution >= 0.6 is 0 Å². The fraction of sp³-hybridized carbons (Fsp3) is 0.667. The number of oxime groups is 1. The molecule has 0 N–H and O–H groups in total. The van der Waals surface area contributed by atoms with E-state index in [0.717, 1.165) is 5.71 Å². The lowest BCUT2D eigenvalue weighted by Gasteiger charge is -2.08. The van der Waals surface area contributed by atoms with Gasteiger partial charge in [-0.3, -0.25) is 4.79 Å². The standard InChI is InChI=1S/C9H15N3O2/c1-5-14-11-7(3)8-6(2)10-12(4)9(8)13/h8H,5H2,1-4H3. The van der Waals surface area contributed by atoms with Gasteiger partial charge in [0.1, 0.15) is 12.5 Å². The predicted octanol–water partition coefficient (Wildman–Crippen LogP) is 0.863. The molecule has 0 aromatic carbocycles. The third kappa shape index (κ3) is 1.92. The SMILES string of the molecule is CCON=C(C)C1C(=O)N(C)N=C1C. The van der Waals surface area contributed by atoms with E-state index in [2.05, 4.69) is 10.3 Å². The molecule has 0 radical (unpaired) electrons. The number of hydrogen-bond acceptors (Lipinski definition) is 4. The van der Waals surface area contributed by atoms with Crippen molar-refractivity contribution in [3.05, 3.63) is 0 Å². The van der Waals surface area contributed by atoms with Gasteiger partial charge >= 0.3 is 0 Å². The van der Waals surface area contributed by atoms with Gasteiger partial charge in [0.2, 0.25) is 0 Å². The minimum absolute atomic E-state index is 0.0524. The maximum absolute atomic E-state index is 11.6. The molecule has 0 spiro atoms. The lowest BCUT2D eigenvalue weighted by molar-refractivity contribution is -0.128. The number of hydrogen-bond donors (Lipinski definition) is 0. The van der Waals surface area contributed by atoms with Gasteiger partial charge in [0, 0.05) is 7.05 Å². The molecule has 0 saturated heterocycles. The molecule has 0 aliphatic carbocycles. The maximum Gasteiger partial charge on any atom is 0.257 e. The van der Waals surface area contributed by atoms with E-state index in [9.17, 15) is 4.79 Å². The number of nitrogens with zero attached hydrogens (tertiary/aromatic N) is 3. The van der Waals surface area contributed by atoms with Crippen molar-refractivity contribution in [3.8, 4) is 0 Å². The summed E-state index contributed by atoms with van der Waals surface area (Å²) in [4.78, 5) is 16.5. The van der Waals surface area contributed by atoms with Gasteiger partial charge in [0.15, 0.2) is 0 Å². The lowest BCUT2D eigenvalue weighted by Crippen LogP contribution is -2.29. The Balaban J connectivity index is 2.79. The number of hydrazone groups is 1. The average molecular weight is 197 g/mol. The Labute approximate surface area is 83.4 Å². The second-order valence-electron chi connectivity index (χ2n) is 3.19. The van der Waals surface area contributed by atoms with E-state index in [0.29, 0.717) is 12.3 Å². The van der Waals surface area contributed by atoms with Gasteiger partial charge in [-0.25, -0.2) is 5.01 Å². The fourth-order valence-corrected chi connectivity index (χ4v) is 1.41. The molecule has 1 aliphatic rings. The van der Waals surface area contributed by atoms with Gasteiger partial charge in [-0.05, 0) is 20.8 Å². The Bertz CT molecular complexity index is 296. The van der Waals surface area contributed by atoms with Crippen LogP contribution in [0.4, 0.5) is 0 Å². The summed E-state index contributed by atoms with van der Waals surface area (Å²) in [6.07, 6.45) is 0. The van der Waals surface area contributed by atoms with Gasteiger partial charge in [-0.15, -0.1) is 0 Å². The van der Waals surface area contributed by atoms with Gasteiger partial charge in [-0.1, -0.05) is 5.16 Å². The smallest absolute Gasteiger partial charge is 0.257 e. The zero-order chi connectivity index (χ0) is 10.7. The van der Waals surface area contributed by atoms with E-state index in [1.165, 1.54) is 5.01 Å². The zero-order valence-electron chi connectivity index (χ0n) is 8.94. The second kappa shape index (κ2) is 4.21. The first kappa shape index (κ1) is 10.7. The summed E-state index contributed by atoms with van der Waals surface area (Å²) in [5, 5.41) is 9.23. The first-order valence-electron chi connectivity index (χ1n) is 4.57. The largest absolute Gasteiger partial charge is 0.396 e. The molecule has 1 heterocycles. The molecule has 1 unspecified atom stereocenters. The normalized spacial score (nSPS) is 22.7. The Morgan fingerprint density at radius 1 is 1.71 bits per heavy atom. The number of carbonyl (C=O) groups excluding carboxylic acids is 1. The molecule has 1 aliphatic heterocycles. The summed E-state index contributed by atoms with van der Waals surface area (Å²) < 4.78 is 0. The van der Waals surface area contributed by atoms with Crippen molar-refractivity contribution >= 4 is 17.3 Å². The van der Waals surface area contributed by atoms with Crippen LogP contribution in [0.1, 0.15) is 20.8 Å². The number of amides is 1.